The van der Waals surface area contributed by atoms with E-state index in [-0.39, 0.29) is 12.4 Å². The number of benzene rings is 2. The van der Waals surface area contributed by atoms with Gasteiger partial charge in [-0.3, -0.25) is 9.48 Å². The Bertz CT molecular complexity index is 1100. The molecular formula is C22H19Cl3N2O3. The average Bonchev–Trinajstić information content (AvgIpc) is 3.03. The van der Waals surface area contributed by atoms with E-state index in [9.17, 15) is 4.79 Å². The van der Waals surface area contributed by atoms with Gasteiger partial charge in [0.05, 0.1) is 28.4 Å². The zero-order valence-corrected chi connectivity index (χ0v) is 18.8. The lowest BCUT2D eigenvalue weighted by Gasteiger charge is -2.13. The maximum atomic E-state index is 12.4. The Morgan fingerprint density at radius 1 is 1.17 bits per heavy atom. The van der Waals surface area contributed by atoms with Gasteiger partial charge in [0, 0.05) is 23.8 Å². The standard InChI is InChI=1S/C22H19Cl3N2O3/c1-13-17(11-27(2)26-13)20(28)6-4-14-5-7-21(29-3)15(8-14)12-30-22-18(24)9-16(23)10-19(22)25/h4-11H,12H2,1-3H3/b6-4+. The minimum atomic E-state index is -0.117. The van der Waals surface area contributed by atoms with E-state index in [0.29, 0.717) is 37.8 Å². The Labute approximate surface area is 189 Å². The van der Waals surface area contributed by atoms with Crippen LogP contribution in [0.2, 0.25) is 15.1 Å². The van der Waals surface area contributed by atoms with Crippen LogP contribution in [0.1, 0.15) is 27.2 Å². The molecule has 156 valence electrons. The molecule has 2 aromatic carbocycles. The summed E-state index contributed by atoms with van der Waals surface area (Å²) in [6.07, 6.45) is 4.96. The number of hydrogen-bond acceptors (Lipinski definition) is 4. The van der Waals surface area contributed by atoms with Crippen LogP contribution in [0.25, 0.3) is 6.08 Å². The van der Waals surface area contributed by atoms with Gasteiger partial charge >= 0.3 is 0 Å². The fraction of sp³-hybridized carbons (Fsp3) is 0.182. The monoisotopic (exact) mass is 464 g/mol. The number of halogens is 3. The molecule has 0 unspecified atom stereocenters. The van der Waals surface area contributed by atoms with E-state index < -0.39 is 0 Å². The molecule has 5 nitrogen and oxygen atoms in total. The van der Waals surface area contributed by atoms with Gasteiger partial charge in [-0.05, 0) is 42.8 Å². The summed E-state index contributed by atoms with van der Waals surface area (Å²) in [5, 5.41) is 5.26. The molecule has 8 heteroatoms. The predicted octanol–water partition coefficient (Wildman–Crippen LogP) is 6.17. The van der Waals surface area contributed by atoms with Crippen LogP contribution in [-0.2, 0) is 13.7 Å². The lowest BCUT2D eigenvalue weighted by molar-refractivity contribution is 0.104. The van der Waals surface area contributed by atoms with Crippen molar-refractivity contribution < 1.29 is 14.3 Å². The highest BCUT2D eigenvalue weighted by atomic mass is 35.5. The highest BCUT2D eigenvalue weighted by molar-refractivity contribution is 6.40. The van der Waals surface area contributed by atoms with Crippen LogP contribution in [0.3, 0.4) is 0 Å². The highest BCUT2D eigenvalue weighted by Gasteiger charge is 2.12. The molecule has 0 fully saturated rings. The number of ketones is 1. The summed E-state index contributed by atoms with van der Waals surface area (Å²) in [4.78, 5) is 12.4. The Hall–Kier alpha value is -2.47. The van der Waals surface area contributed by atoms with Gasteiger partial charge < -0.3 is 9.47 Å². The average molecular weight is 466 g/mol. The van der Waals surface area contributed by atoms with Gasteiger partial charge in [-0.15, -0.1) is 0 Å². The first-order chi connectivity index (χ1) is 14.3. The predicted molar refractivity (Wildman–Crippen MR) is 120 cm³/mol. The second-order valence-corrected chi connectivity index (χ2v) is 7.81. The molecule has 1 heterocycles. The minimum Gasteiger partial charge on any atom is -0.496 e. The van der Waals surface area contributed by atoms with Crippen LogP contribution in [0, 0.1) is 6.92 Å². The van der Waals surface area contributed by atoms with E-state index in [1.54, 1.807) is 50.2 Å². The molecule has 30 heavy (non-hydrogen) atoms. The second kappa shape index (κ2) is 9.56. The molecule has 1 aromatic heterocycles. The Morgan fingerprint density at radius 2 is 1.87 bits per heavy atom. The first-order valence-electron chi connectivity index (χ1n) is 8.95. The normalized spacial score (nSPS) is 11.1. The fourth-order valence-electron chi connectivity index (χ4n) is 2.93. The number of aryl methyl sites for hydroxylation is 2. The van der Waals surface area contributed by atoms with Crippen molar-refractivity contribution in [1.82, 2.24) is 9.78 Å². The Balaban J connectivity index is 1.80. The van der Waals surface area contributed by atoms with E-state index in [4.69, 9.17) is 44.3 Å². The van der Waals surface area contributed by atoms with Gasteiger partial charge in [-0.1, -0.05) is 46.9 Å². The van der Waals surface area contributed by atoms with Crippen molar-refractivity contribution in [1.29, 1.82) is 0 Å². The summed E-state index contributed by atoms with van der Waals surface area (Å²) in [6.45, 7) is 1.97. The molecule has 3 aromatic rings. The quantitative estimate of drug-likeness (QED) is 0.309. The molecule has 0 atom stereocenters. The van der Waals surface area contributed by atoms with Crippen molar-refractivity contribution in [2.75, 3.05) is 7.11 Å². The molecular weight excluding hydrogens is 447 g/mol. The van der Waals surface area contributed by atoms with E-state index in [1.807, 2.05) is 18.2 Å². The number of ether oxygens (including phenoxy) is 2. The Kier molecular flexibility index (Phi) is 7.08. The lowest BCUT2D eigenvalue weighted by atomic mass is 10.1. The molecule has 0 aliphatic heterocycles. The molecule has 0 aliphatic carbocycles. The number of carbonyl (C=O) groups is 1. The van der Waals surface area contributed by atoms with Crippen LogP contribution in [0.5, 0.6) is 11.5 Å². The van der Waals surface area contributed by atoms with Gasteiger partial charge in [-0.2, -0.15) is 5.10 Å². The molecule has 0 spiro atoms. The molecule has 0 amide bonds. The van der Waals surface area contributed by atoms with Crippen molar-refractivity contribution in [3.05, 3.63) is 80.1 Å². The topological polar surface area (TPSA) is 53.4 Å². The highest BCUT2D eigenvalue weighted by Crippen LogP contribution is 2.36. The SMILES string of the molecule is COc1ccc(/C=C/C(=O)c2cn(C)nc2C)cc1COc1c(Cl)cc(Cl)cc1Cl. The van der Waals surface area contributed by atoms with Gasteiger partial charge in [0.2, 0.25) is 0 Å². The van der Waals surface area contributed by atoms with Crippen LogP contribution >= 0.6 is 34.8 Å². The smallest absolute Gasteiger partial charge is 0.189 e. The third-order valence-electron chi connectivity index (χ3n) is 4.35. The second-order valence-electron chi connectivity index (χ2n) is 6.56. The summed E-state index contributed by atoms with van der Waals surface area (Å²) in [6, 6.07) is 8.66. The summed E-state index contributed by atoms with van der Waals surface area (Å²) in [7, 11) is 3.35. The van der Waals surface area contributed by atoms with Crippen LogP contribution < -0.4 is 9.47 Å². The lowest BCUT2D eigenvalue weighted by Crippen LogP contribution is -2.00. The third-order valence-corrected chi connectivity index (χ3v) is 5.13. The van der Waals surface area contributed by atoms with E-state index in [2.05, 4.69) is 5.10 Å². The van der Waals surface area contributed by atoms with E-state index in [1.165, 1.54) is 6.08 Å². The zero-order valence-electron chi connectivity index (χ0n) is 16.6. The van der Waals surface area contributed by atoms with Crippen LogP contribution in [0.15, 0.2) is 42.6 Å². The number of aromatic nitrogens is 2. The van der Waals surface area contributed by atoms with E-state index in [0.717, 1.165) is 11.1 Å². The van der Waals surface area contributed by atoms with Crippen molar-refractivity contribution >= 4 is 46.7 Å². The maximum absolute atomic E-state index is 12.4. The molecule has 0 N–H and O–H groups in total. The van der Waals surface area contributed by atoms with E-state index >= 15 is 0 Å². The number of rotatable bonds is 7. The van der Waals surface area contributed by atoms with Crippen molar-refractivity contribution in [3.8, 4) is 11.5 Å². The first-order valence-corrected chi connectivity index (χ1v) is 10.1. The van der Waals surface area contributed by atoms with Crippen molar-refractivity contribution in [3.63, 3.8) is 0 Å². The molecule has 0 saturated carbocycles. The summed E-state index contributed by atoms with van der Waals surface area (Å²) < 4.78 is 12.8. The summed E-state index contributed by atoms with van der Waals surface area (Å²) >= 11 is 18.3. The molecule has 0 bridgehead atoms. The minimum absolute atomic E-state index is 0.117. The summed E-state index contributed by atoms with van der Waals surface area (Å²) in [5.74, 6) is 0.865. The fourth-order valence-corrected chi connectivity index (χ4v) is 3.86. The number of carbonyl (C=O) groups excluding carboxylic acids is 1. The molecule has 0 saturated heterocycles. The first kappa shape index (κ1) is 22.2. The van der Waals surface area contributed by atoms with Gasteiger partial charge in [0.25, 0.3) is 0 Å². The number of allylic oxidation sites excluding steroid dienone is 1. The molecule has 0 radical (unpaired) electrons. The van der Waals surface area contributed by atoms with Gasteiger partial charge in [-0.25, -0.2) is 0 Å². The molecule has 0 aliphatic rings. The van der Waals surface area contributed by atoms with Crippen LogP contribution in [-0.4, -0.2) is 22.7 Å². The van der Waals surface area contributed by atoms with Crippen molar-refractivity contribution in [2.24, 2.45) is 7.05 Å². The third kappa shape index (κ3) is 5.17. The Morgan fingerprint density at radius 3 is 2.47 bits per heavy atom. The maximum Gasteiger partial charge on any atom is 0.189 e. The van der Waals surface area contributed by atoms with Gasteiger partial charge in [0.1, 0.15) is 12.4 Å². The molecule has 3 rings (SSSR count). The largest absolute Gasteiger partial charge is 0.496 e. The number of nitrogens with zero attached hydrogens (tertiary/aromatic N) is 2. The number of hydrogen-bond donors (Lipinski definition) is 0. The van der Waals surface area contributed by atoms with Crippen LogP contribution in [0.4, 0.5) is 0 Å². The van der Waals surface area contributed by atoms with Gasteiger partial charge in [0.15, 0.2) is 11.5 Å². The van der Waals surface area contributed by atoms with Crippen molar-refractivity contribution in [2.45, 2.75) is 13.5 Å². The zero-order chi connectivity index (χ0) is 21.8. The summed E-state index contributed by atoms with van der Waals surface area (Å²) in [5.41, 5.74) is 2.84. The number of methoxy groups -OCH3 is 1.